The summed E-state index contributed by atoms with van der Waals surface area (Å²) in [5.74, 6) is -1.47. The van der Waals surface area contributed by atoms with Crippen molar-refractivity contribution in [2.24, 2.45) is 0 Å². The van der Waals surface area contributed by atoms with Crippen LogP contribution in [-0.4, -0.2) is 20.4 Å². The van der Waals surface area contributed by atoms with E-state index in [9.17, 15) is 30.0 Å². The summed E-state index contributed by atoms with van der Waals surface area (Å²) in [6.45, 7) is 0. The molecule has 0 aliphatic rings. The molecule has 0 bridgehead atoms. The van der Waals surface area contributed by atoms with Gasteiger partial charge in [0.05, 0.1) is 21.5 Å². The number of hydrogen-bond donors (Lipinski definition) is 4. The fourth-order valence-corrected chi connectivity index (χ4v) is 3.54. The summed E-state index contributed by atoms with van der Waals surface area (Å²) in [5.41, 5.74) is -1.37. The number of benzene rings is 3. The molecule has 2 aromatic heterocycles. The third-order valence-corrected chi connectivity index (χ3v) is 4.68. The van der Waals surface area contributed by atoms with Gasteiger partial charge in [0.15, 0.2) is 5.43 Å². The molecule has 5 aromatic rings. The minimum absolute atomic E-state index is 0.0141. The van der Waals surface area contributed by atoms with Crippen LogP contribution in [0.25, 0.3) is 43.5 Å². The molecule has 0 atom stereocenters. The van der Waals surface area contributed by atoms with E-state index in [0.717, 1.165) is 18.2 Å². The predicted octanol–water partition coefficient (Wildman–Crippen LogP) is 3.03. The van der Waals surface area contributed by atoms with Gasteiger partial charge in [-0.15, -0.1) is 0 Å². The van der Waals surface area contributed by atoms with E-state index in [1.165, 1.54) is 18.2 Å². The molecule has 5 rings (SSSR count). The van der Waals surface area contributed by atoms with E-state index in [0.29, 0.717) is 5.39 Å². The van der Waals surface area contributed by atoms with Crippen LogP contribution in [0, 0.1) is 0 Å². The van der Waals surface area contributed by atoms with Crippen molar-refractivity contribution in [3.8, 4) is 23.2 Å². The van der Waals surface area contributed by atoms with Crippen LogP contribution >= 0.6 is 0 Å². The molecular weight excluding hydrogens is 368 g/mol. The smallest absolute Gasteiger partial charge is 0.344 e. The molecule has 0 saturated heterocycles. The van der Waals surface area contributed by atoms with E-state index >= 15 is 0 Å². The third kappa shape index (κ3) is 2.05. The second kappa shape index (κ2) is 5.17. The van der Waals surface area contributed by atoms with Crippen molar-refractivity contribution < 1.29 is 29.3 Å². The molecular formula is C20H10O8. The van der Waals surface area contributed by atoms with Gasteiger partial charge in [-0.2, -0.15) is 0 Å². The lowest BCUT2D eigenvalue weighted by Crippen LogP contribution is -2.03. The highest BCUT2D eigenvalue weighted by Gasteiger charge is 2.18. The monoisotopic (exact) mass is 378 g/mol. The fraction of sp³-hybridized carbons (Fsp3) is 0. The molecule has 0 saturated carbocycles. The molecule has 0 radical (unpaired) electrons. The van der Waals surface area contributed by atoms with Crippen LogP contribution < -0.4 is 11.1 Å². The van der Waals surface area contributed by atoms with Gasteiger partial charge >= 0.3 is 5.63 Å². The Hall–Kier alpha value is -4.20. The van der Waals surface area contributed by atoms with Gasteiger partial charge in [-0.1, -0.05) is 0 Å². The average molecular weight is 378 g/mol. The summed E-state index contributed by atoms with van der Waals surface area (Å²) in [6.07, 6.45) is 0. The predicted molar refractivity (Wildman–Crippen MR) is 100 cm³/mol. The quantitative estimate of drug-likeness (QED) is 0.183. The number of phenols is 3. The van der Waals surface area contributed by atoms with E-state index in [-0.39, 0.29) is 55.3 Å². The Labute approximate surface area is 153 Å². The Morgan fingerprint density at radius 2 is 1.21 bits per heavy atom. The molecule has 3 aromatic carbocycles. The largest absolute Gasteiger partial charge is 0.508 e. The van der Waals surface area contributed by atoms with Crippen molar-refractivity contribution >= 4 is 43.5 Å². The lowest BCUT2D eigenvalue weighted by atomic mass is 9.99. The lowest BCUT2D eigenvalue weighted by Gasteiger charge is -2.10. The van der Waals surface area contributed by atoms with E-state index in [4.69, 9.17) is 8.83 Å². The van der Waals surface area contributed by atoms with E-state index in [1.54, 1.807) is 0 Å². The molecule has 0 aliphatic carbocycles. The van der Waals surface area contributed by atoms with Crippen LogP contribution in [0.1, 0.15) is 0 Å². The Morgan fingerprint density at radius 1 is 0.607 bits per heavy atom. The highest BCUT2D eigenvalue weighted by atomic mass is 16.5. The number of fused-ring (bicyclic) bond motifs is 6. The van der Waals surface area contributed by atoms with E-state index in [2.05, 4.69) is 0 Å². The molecule has 28 heavy (non-hydrogen) atoms. The van der Waals surface area contributed by atoms with E-state index < -0.39 is 17.0 Å². The normalized spacial score (nSPS) is 11.7. The first kappa shape index (κ1) is 16.0. The SMILES string of the molecule is O=c1cc(O)c2c(c1)oc(=O)c1cc3c(O)oc4cc(O)cc(O)c4c3cc12. The number of rotatable bonds is 0. The lowest BCUT2D eigenvalue weighted by molar-refractivity contribution is 0.346. The molecule has 8 nitrogen and oxygen atoms in total. The second-order valence-electron chi connectivity index (χ2n) is 6.39. The van der Waals surface area contributed by atoms with Crippen LogP contribution in [-0.2, 0) is 0 Å². The molecule has 4 N–H and O–H groups in total. The van der Waals surface area contributed by atoms with Crippen LogP contribution in [0.4, 0.5) is 0 Å². The highest BCUT2D eigenvalue weighted by molar-refractivity contribution is 6.18. The van der Waals surface area contributed by atoms with Gasteiger partial charge in [0.1, 0.15) is 28.4 Å². The van der Waals surface area contributed by atoms with Crippen molar-refractivity contribution in [3.05, 3.63) is 57.0 Å². The zero-order chi connectivity index (χ0) is 19.7. The zero-order valence-corrected chi connectivity index (χ0v) is 13.9. The Bertz CT molecular complexity index is 1590. The Balaban J connectivity index is 2.12. The summed E-state index contributed by atoms with van der Waals surface area (Å²) in [5, 5.41) is 41.5. The molecule has 0 amide bonds. The topological polar surface area (TPSA) is 141 Å². The van der Waals surface area contributed by atoms with Crippen LogP contribution in [0.2, 0.25) is 0 Å². The van der Waals surface area contributed by atoms with Gasteiger partial charge in [-0.3, -0.25) is 4.79 Å². The van der Waals surface area contributed by atoms with Crippen LogP contribution in [0.15, 0.2) is 54.8 Å². The molecule has 0 spiro atoms. The molecule has 0 fully saturated rings. The van der Waals surface area contributed by atoms with Crippen LogP contribution in [0.3, 0.4) is 0 Å². The Morgan fingerprint density at radius 3 is 1.96 bits per heavy atom. The molecule has 0 aliphatic heterocycles. The first-order valence-electron chi connectivity index (χ1n) is 8.08. The summed E-state index contributed by atoms with van der Waals surface area (Å²) in [4.78, 5) is 24.0. The first-order chi connectivity index (χ1) is 13.3. The average Bonchev–Trinajstić information content (AvgIpc) is 2.59. The van der Waals surface area contributed by atoms with Gasteiger partial charge < -0.3 is 29.3 Å². The highest BCUT2D eigenvalue weighted by Crippen LogP contribution is 2.42. The van der Waals surface area contributed by atoms with Gasteiger partial charge in [0.2, 0.25) is 0 Å². The van der Waals surface area contributed by atoms with Crippen molar-refractivity contribution in [1.29, 1.82) is 0 Å². The Kier molecular flexibility index (Phi) is 2.95. The molecule has 0 unspecified atom stereocenters. The minimum atomic E-state index is -0.774. The zero-order valence-electron chi connectivity index (χ0n) is 13.9. The maximum Gasteiger partial charge on any atom is 0.344 e. The molecule has 8 heteroatoms. The van der Waals surface area contributed by atoms with Crippen molar-refractivity contribution in [2.75, 3.05) is 0 Å². The summed E-state index contributed by atoms with van der Waals surface area (Å²) in [7, 11) is 0. The van der Waals surface area contributed by atoms with Gasteiger partial charge in [0, 0.05) is 35.0 Å². The standard InChI is InChI=1S/C20H10O8/c21-7-1-13(23)17-9-5-10-12(6-11(9)19(25)27-15(17)3-7)20(26)28-16-4-8(22)2-14(24)18(10)16/h1-6,21,23-25H. The summed E-state index contributed by atoms with van der Waals surface area (Å²) in [6, 6.07) is 7.20. The van der Waals surface area contributed by atoms with Crippen LogP contribution in [0.5, 0.6) is 23.2 Å². The third-order valence-electron chi connectivity index (χ3n) is 4.68. The molecule has 138 valence electrons. The van der Waals surface area contributed by atoms with Crippen molar-refractivity contribution in [3.63, 3.8) is 0 Å². The van der Waals surface area contributed by atoms with Crippen molar-refractivity contribution in [2.45, 2.75) is 0 Å². The summed E-state index contributed by atoms with van der Waals surface area (Å²) < 4.78 is 10.4. The first-order valence-corrected chi connectivity index (χ1v) is 8.08. The van der Waals surface area contributed by atoms with E-state index in [1.807, 2.05) is 0 Å². The molecule has 2 heterocycles. The van der Waals surface area contributed by atoms with Gasteiger partial charge in [-0.05, 0) is 12.1 Å². The van der Waals surface area contributed by atoms with Gasteiger partial charge in [0.25, 0.3) is 5.95 Å². The second-order valence-corrected chi connectivity index (χ2v) is 6.39. The number of aromatic hydroxyl groups is 4. The maximum atomic E-state index is 12.4. The minimum Gasteiger partial charge on any atom is -0.508 e. The number of phenolic OH excluding ortho intramolecular Hbond substituents is 3. The maximum absolute atomic E-state index is 12.4. The fourth-order valence-electron chi connectivity index (χ4n) is 3.54. The van der Waals surface area contributed by atoms with Crippen molar-refractivity contribution in [1.82, 2.24) is 0 Å². The van der Waals surface area contributed by atoms with Gasteiger partial charge in [-0.25, -0.2) is 4.79 Å². The number of hydrogen-bond acceptors (Lipinski definition) is 8. The summed E-state index contributed by atoms with van der Waals surface area (Å²) >= 11 is 0.